The van der Waals surface area contributed by atoms with Crippen LogP contribution in [-0.4, -0.2) is 93.4 Å². The second kappa shape index (κ2) is 16.2. The third-order valence-corrected chi connectivity index (χ3v) is 9.69. The van der Waals surface area contributed by atoms with E-state index >= 15 is 0 Å². The Morgan fingerprint density at radius 2 is 1.85 bits per heavy atom. The van der Waals surface area contributed by atoms with Crippen LogP contribution in [0.4, 0.5) is 8.78 Å². The molecule has 3 aromatic rings. The van der Waals surface area contributed by atoms with Crippen molar-refractivity contribution in [1.82, 2.24) is 19.7 Å². The zero-order valence-electron chi connectivity index (χ0n) is 25.6. The molecule has 0 aliphatic carbocycles. The van der Waals surface area contributed by atoms with Crippen molar-refractivity contribution in [3.8, 4) is 0 Å². The number of carbonyl (C=O) groups is 4. The van der Waals surface area contributed by atoms with E-state index in [-0.39, 0.29) is 22.1 Å². The first-order valence-electron chi connectivity index (χ1n) is 14.5. The molecule has 2 aromatic heterocycles. The van der Waals surface area contributed by atoms with Crippen molar-refractivity contribution in [1.29, 1.82) is 0 Å². The minimum atomic E-state index is -5.60. The number of pyridine rings is 1. The molecule has 16 heteroatoms. The molecule has 250 valence electrons. The molecule has 0 radical (unpaired) electrons. The van der Waals surface area contributed by atoms with Crippen LogP contribution in [0.5, 0.6) is 0 Å². The van der Waals surface area contributed by atoms with Crippen LogP contribution >= 0.6 is 18.9 Å². The van der Waals surface area contributed by atoms with E-state index in [0.29, 0.717) is 23.6 Å². The van der Waals surface area contributed by atoms with Crippen molar-refractivity contribution in [3.63, 3.8) is 0 Å². The number of hydrogen-bond donors (Lipinski definition) is 3. The number of amides is 4. The van der Waals surface area contributed by atoms with Gasteiger partial charge < -0.3 is 30.2 Å². The van der Waals surface area contributed by atoms with Crippen LogP contribution in [0.1, 0.15) is 59.3 Å². The maximum absolute atomic E-state index is 13.5. The van der Waals surface area contributed by atoms with Crippen molar-refractivity contribution in [2.45, 2.75) is 44.2 Å². The Labute approximate surface area is 269 Å². The summed E-state index contributed by atoms with van der Waals surface area (Å²) in [5.41, 5.74) is 1.23. The van der Waals surface area contributed by atoms with Gasteiger partial charge in [0, 0.05) is 81.7 Å². The zero-order chi connectivity index (χ0) is 34.1. The summed E-state index contributed by atoms with van der Waals surface area (Å²) < 4.78 is 38.3. The number of nitrogens with zero attached hydrogens (tertiary/aromatic N) is 4. The van der Waals surface area contributed by atoms with Gasteiger partial charge in [-0.3, -0.25) is 28.7 Å². The van der Waals surface area contributed by atoms with E-state index in [1.165, 1.54) is 17.7 Å². The molecule has 4 heterocycles. The number of nitrogens with two attached hydrogens (primary N) is 1. The van der Waals surface area contributed by atoms with E-state index in [1.807, 2.05) is 17.2 Å². The molecule has 2 aliphatic heterocycles. The number of rotatable bonds is 9. The van der Waals surface area contributed by atoms with E-state index in [4.69, 9.17) is 15.5 Å². The Morgan fingerprint density at radius 3 is 2.39 bits per heavy atom. The highest BCUT2D eigenvalue weighted by atomic mass is 32.1. The van der Waals surface area contributed by atoms with Crippen LogP contribution < -0.4 is 5.73 Å². The second-order valence-corrected chi connectivity index (χ2v) is 13.7. The van der Waals surface area contributed by atoms with E-state index in [0.717, 1.165) is 75.3 Å². The molecule has 0 spiro atoms. The third kappa shape index (κ3) is 9.86. The predicted octanol–water partition coefficient (Wildman–Crippen LogP) is 3.73. The Hall–Kier alpha value is -3.78. The number of fused-ring (bicyclic) bond motifs is 1. The number of benzene rings is 1. The molecule has 0 saturated carbocycles. The van der Waals surface area contributed by atoms with Gasteiger partial charge in [-0.1, -0.05) is 12.1 Å². The van der Waals surface area contributed by atoms with Crippen LogP contribution in [0.2, 0.25) is 0 Å². The van der Waals surface area contributed by atoms with Crippen LogP contribution in [0, 0.1) is 0 Å². The number of likely N-dealkylation sites (tertiary alicyclic amines) is 2. The molecule has 4 N–H and O–H groups in total. The van der Waals surface area contributed by atoms with Crippen LogP contribution in [0.3, 0.4) is 0 Å². The summed E-state index contributed by atoms with van der Waals surface area (Å²) >= 11 is 1.02. The normalized spacial score (nSPS) is 14.8. The minimum absolute atomic E-state index is 0.0589. The highest BCUT2D eigenvalue weighted by molar-refractivity contribution is 7.52. The molecule has 5 rings (SSSR count). The fourth-order valence-corrected chi connectivity index (χ4v) is 6.07. The molecule has 2 saturated heterocycles. The topological polar surface area (TPSA) is 174 Å². The minimum Gasteiger partial charge on any atom is -0.365 e. The molecule has 0 unspecified atom stereocenters. The summed E-state index contributed by atoms with van der Waals surface area (Å²) in [7, 11) is -3.84. The molecule has 12 nitrogen and oxygen atoms in total. The van der Waals surface area contributed by atoms with Gasteiger partial charge in [-0.25, -0.2) is 0 Å². The van der Waals surface area contributed by atoms with Gasteiger partial charge in [0.05, 0.1) is 4.88 Å². The zero-order valence-corrected chi connectivity index (χ0v) is 27.3. The lowest BCUT2D eigenvalue weighted by atomic mass is 9.94. The SMILES string of the molecule is CC(=O)N(C)CCCC(=O)N1CCCC1.NC(=O)c1cc2cc(C(F)(F)P(=O)(O)O)ccc2s1.O=CN1CC(c2cccnc2)C1. The summed E-state index contributed by atoms with van der Waals surface area (Å²) in [5, 5.41) is 0.282. The van der Waals surface area contributed by atoms with Gasteiger partial charge in [0.1, 0.15) is 0 Å². The largest absolute Gasteiger partial charge is 0.399 e. The van der Waals surface area contributed by atoms with E-state index in [1.54, 1.807) is 30.0 Å². The predicted molar refractivity (Wildman–Crippen MR) is 169 cm³/mol. The Kier molecular flexibility index (Phi) is 12.9. The quantitative estimate of drug-likeness (QED) is 0.226. The molecule has 0 bridgehead atoms. The Bertz CT molecular complexity index is 1560. The molecule has 2 fully saturated rings. The lowest BCUT2D eigenvalue weighted by Crippen LogP contribution is -2.43. The van der Waals surface area contributed by atoms with Crippen molar-refractivity contribution >= 4 is 53.2 Å². The monoisotopic (exact) mass is 681 g/mol. The molecule has 1 aromatic carbocycles. The van der Waals surface area contributed by atoms with Crippen molar-refractivity contribution in [2.24, 2.45) is 5.73 Å². The van der Waals surface area contributed by atoms with Gasteiger partial charge in [0.25, 0.3) is 5.91 Å². The van der Waals surface area contributed by atoms with Crippen LogP contribution in [-0.2, 0) is 24.6 Å². The van der Waals surface area contributed by atoms with Crippen LogP contribution in [0.15, 0.2) is 48.8 Å². The first-order valence-corrected chi connectivity index (χ1v) is 16.9. The van der Waals surface area contributed by atoms with Crippen LogP contribution in [0.25, 0.3) is 10.1 Å². The maximum Gasteiger partial charge on any atom is 0.399 e. The summed E-state index contributed by atoms with van der Waals surface area (Å²) in [6.45, 7) is 5.74. The van der Waals surface area contributed by atoms with E-state index < -0.39 is 24.7 Å². The lowest BCUT2D eigenvalue weighted by Gasteiger charge is -2.36. The highest BCUT2D eigenvalue weighted by Gasteiger charge is 2.50. The number of halogens is 2. The molecule has 46 heavy (non-hydrogen) atoms. The first kappa shape index (κ1) is 36.7. The van der Waals surface area contributed by atoms with E-state index in [9.17, 15) is 32.5 Å². The molecule has 0 atom stereocenters. The summed E-state index contributed by atoms with van der Waals surface area (Å²) in [6, 6.07) is 8.42. The smallest absolute Gasteiger partial charge is 0.365 e. The Balaban J connectivity index is 0.000000193. The number of primary amides is 1. The standard InChI is InChI=1S/C11H20N2O2.C10H8F2NO4PS.C9H10N2O/c1-10(14)12(2)7-5-6-11(15)13-8-3-4-9-13;11-10(12,18(15,16)17)6-1-2-7-5(3-6)4-8(19-7)9(13)14;12-7-11-5-9(6-11)8-2-1-3-10-4-8/h3-9H2,1-2H3;1-4H,(H2,13,14)(H2,15,16,17);1-4,7,9H,5-6H2. The average Bonchev–Trinajstić information content (AvgIpc) is 3.68. The fraction of sp³-hybridized carbons (Fsp3) is 0.433. The van der Waals surface area contributed by atoms with E-state index in [2.05, 4.69) is 11.1 Å². The van der Waals surface area contributed by atoms with Gasteiger partial charge in [-0.2, -0.15) is 8.78 Å². The fourth-order valence-electron chi connectivity index (χ4n) is 4.70. The maximum atomic E-state index is 13.5. The van der Waals surface area contributed by atoms with Crippen molar-refractivity contribution in [3.05, 3.63) is 64.8 Å². The second-order valence-electron chi connectivity index (χ2n) is 11.0. The van der Waals surface area contributed by atoms with Gasteiger partial charge in [0.2, 0.25) is 18.2 Å². The number of hydrogen-bond acceptors (Lipinski definition) is 7. The summed E-state index contributed by atoms with van der Waals surface area (Å²) in [4.78, 5) is 70.6. The number of alkyl halides is 2. The molecule has 2 aliphatic rings. The van der Waals surface area contributed by atoms with Crippen molar-refractivity contribution in [2.75, 3.05) is 39.8 Å². The molecular weight excluding hydrogens is 643 g/mol. The highest BCUT2D eigenvalue weighted by Crippen LogP contribution is 2.59. The van der Waals surface area contributed by atoms with Gasteiger partial charge in [-0.15, -0.1) is 11.3 Å². The number of aromatic nitrogens is 1. The summed E-state index contributed by atoms with van der Waals surface area (Å²) in [5.74, 6) is 0.112. The number of thiophene rings is 1. The Morgan fingerprint density at radius 1 is 1.17 bits per heavy atom. The summed E-state index contributed by atoms with van der Waals surface area (Å²) in [6.07, 6.45) is 8.14. The van der Waals surface area contributed by atoms with Gasteiger partial charge in [0.15, 0.2) is 0 Å². The molecule has 4 amide bonds. The van der Waals surface area contributed by atoms with Gasteiger partial charge >= 0.3 is 13.3 Å². The molecular formula is C30H38F2N5O7PS. The average molecular weight is 682 g/mol. The van der Waals surface area contributed by atoms with Crippen molar-refractivity contribution < 1.29 is 42.3 Å². The third-order valence-electron chi connectivity index (χ3n) is 7.57. The first-order chi connectivity index (χ1) is 21.6. The lowest BCUT2D eigenvalue weighted by molar-refractivity contribution is -0.131. The van der Waals surface area contributed by atoms with Gasteiger partial charge in [-0.05, 0) is 54.5 Å². The number of carbonyl (C=O) groups excluding carboxylic acids is 4.